The molecule has 0 bridgehead atoms. The molecule has 5 heterocycles. The highest BCUT2D eigenvalue weighted by molar-refractivity contribution is 5.81. The maximum atomic E-state index is 12.6. The molecule has 1 amide bonds. The van der Waals surface area contributed by atoms with E-state index in [2.05, 4.69) is 19.8 Å². The second-order valence-corrected chi connectivity index (χ2v) is 7.71. The molecule has 154 valence electrons. The van der Waals surface area contributed by atoms with Gasteiger partial charge in [0.1, 0.15) is 12.4 Å². The third kappa shape index (κ3) is 3.76. The number of ether oxygens (including phenoxy) is 1. The van der Waals surface area contributed by atoms with Crippen molar-refractivity contribution in [2.45, 2.75) is 31.8 Å². The van der Waals surface area contributed by atoms with Gasteiger partial charge in [-0.2, -0.15) is 15.0 Å². The molecular formula is C19H26N8O2. The van der Waals surface area contributed by atoms with Gasteiger partial charge in [0.2, 0.25) is 17.8 Å². The van der Waals surface area contributed by atoms with Gasteiger partial charge >= 0.3 is 0 Å². The molecule has 29 heavy (non-hydrogen) atoms. The molecule has 0 radical (unpaired) electrons. The van der Waals surface area contributed by atoms with Crippen molar-refractivity contribution in [3.05, 3.63) is 18.7 Å². The van der Waals surface area contributed by atoms with E-state index in [1.54, 1.807) is 12.5 Å². The third-order valence-electron chi connectivity index (χ3n) is 5.80. The summed E-state index contributed by atoms with van der Waals surface area (Å²) in [6.07, 6.45) is 9.12. The predicted octanol–water partition coefficient (Wildman–Crippen LogP) is 0.485. The fraction of sp³-hybridized carbons (Fsp3) is 0.632. The molecule has 2 aromatic rings. The molecule has 10 nitrogen and oxygen atoms in total. The van der Waals surface area contributed by atoms with Crippen molar-refractivity contribution in [1.29, 1.82) is 0 Å². The molecule has 2 aromatic heterocycles. The molecule has 1 unspecified atom stereocenters. The standard InChI is InChI=1S/C19H26N8O2/c28-16(15-4-3-13-29-15)24-9-11-26(12-10-24)18-21-17(25-6-1-2-7-25)22-19(23-18)27-8-5-20-14-27/h5,8,14-15H,1-4,6-7,9-13H2. The van der Waals surface area contributed by atoms with Crippen molar-refractivity contribution in [2.75, 3.05) is 55.7 Å². The third-order valence-corrected chi connectivity index (χ3v) is 5.80. The van der Waals surface area contributed by atoms with Crippen LogP contribution in [0.4, 0.5) is 11.9 Å². The van der Waals surface area contributed by atoms with Gasteiger partial charge < -0.3 is 19.4 Å². The SMILES string of the molecule is O=C(C1CCCO1)N1CCN(c2nc(N3CCCC3)nc(-n3ccnc3)n2)CC1. The number of anilines is 2. The van der Waals surface area contributed by atoms with Crippen LogP contribution in [0.1, 0.15) is 25.7 Å². The number of carbonyl (C=O) groups is 1. The van der Waals surface area contributed by atoms with Crippen LogP contribution in [0, 0.1) is 0 Å². The Balaban J connectivity index is 1.34. The van der Waals surface area contributed by atoms with E-state index in [1.165, 1.54) is 0 Å². The zero-order chi connectivity index (χ0) is 19.6. The van der Waals surface area contributed by atoms with Crippen LogP contribution < -0.4 is 9.80 Å². The molecule has 5 rings (SSSR count). The van der Waals surface area contributed by atoms with Crippen LogP contribution in [-0.4, -0.2) is 87.3 Å². The lowest BCUT2D eigenvalue weighted by atomic mass is 10.2. The lowest BCUT2D eigenvalue weighted by Crippen LogP contribution is -2.52. The first-order chi connectivity index (χ1) is 14.3. The van der Waals surface area contributed by atoms with E-state index in [1.807, 2.05) is 15.7 Å². The van der Waals surface area contributed by atoms with E-state index in [0.717, 1.165) is 38.8 Å². The second-order valence-electron chi connectivity index (χ2n) is 7.71. The van der Waals surface area contributed by atoms with Crippen LogP contribution in [0.15, 0.2) is 18.7 Å². The van der Waals surface area contributed by atoms with Crippen LogP contribution in [0.5, 0.6) is 0 Å². The fourth-order valence-electron chi connectivity index (χ4n) is 4.14. The Hall–Kier alpha value is -2.75. The zero-order valence-corrected chi connectivity index (χ0v) is 16.5. The highest BCUT2D eigenvalue weighted by Gasteiger charge is 2.31. The smallest absolute Gasteiger partial charge is 0.251 e. The van der Waals surface area contributed by atoms with Gasteiger partial charge in [-0.25, -0.2) is 4.98 Å². The Morgan fingerprint density at radius 3 is 2.21 bits per heavy atom. The fourth-order valence-corrected chi connectivity index (χ4v) is 4.14. The highest BCUT2D eigenvalue weighted by atomic mass is 16.5. The number of rotatable bonds is 4. The molecule has 3 aliphatic rings. The van der Waals surface area contributed by atoms with Gasteiger partial charge in [0.05, 0.1) is 0 Å². The largest absolute Gasteiger partial charge is 0.368 e. The van der Waals surface area contributed by atoms with Crippen molar-refractivity contribution in [3.63, 3.8) is 0 Å². The van der Waals surface area contributed by atoms with Gasteiger partial charge in [0, 0.05) is 58.3 Å². The van der Waals surface area contributed by atoms with Gasteiger partial charge in [-0.1, -0.05) is 0 Å². The Morgan fingerprint density at radius 2 is 1.59 bits per heavy atom. The average Bonchev–Trinajstić information content (AvgIpc) is 3.55. The normalized spacial score (nSPS) is 22.5. The molecule has 10 heteroatoms. The van der Waals surface area contributed by atoms with E-state index >= 15 is 0 Å². The lowest BCUT2D eigenvalue weighted by molar-refractivity contribution is -0.141. The van der Waals surface area contributed by atoms with E-state index in [0.29, 0.717) is 50.6 Å². The van der Waals surface area contributed by atoms with Crippen LogP contribution in [0.3, 0.4) is 0 Å². The minimum Gasteiger partial charge on any atom is -0.368 e. The van der Waals surface area contributed by atoms with Gasteiger partial charge in [-0.3, -0.25) is 9.36 Å². The Kier molecular flexibility index (Phi) is 5.01. The van der Waals surface area contributed by atoms with E-state index in [4.69, 9.17) is 14.7 Å². The molecule has 3 fully saturated rings. The Bertz CT molecular complexity index is 838. The number of aromatic nitrogens is 5. The Morgan fingerprint density at radius 1 is 0.897 bits per heavy atom. The number of piperazine rings is 1. The second kappa shape index (κ2) is 7.94. The summed E-state index contributed by atoms with van der Waals surface area (Å²) in [7, 11) is 0. The number of hydrogen-bond acceptors (Lipinski definition) is 8. The summed E-state index contributed by atoms with van der Waals surface area (Å²) in [6, 6.07) is 0. The minimum absolute atomic E-state index is 0.120. The minimum atomic E-state index is -0.256. The first-order valence-corrected chi connectivity index (χ1v) is 10.4. The van der Waals surface area contributed by atoms with Gasteiger partial charge in [-0.05, 0) is 25.7 Å². The van der Waals surface area contributed by atoms with E-state index < -0.39 is 0 Å². The number of imidazole rings is 1. The Labute approximate surface area is 169 Å². The zero-order valence-electron chi connectivity index (χ0n) is 16.5. The van der Waals surface area contributed by atoms with Crippen LogP contribution in [0.25, 0.3) is 5.95 Å². The molecule has 0 aliphatic carbocycles. The van der Waals surface area contributed by atoms with Crippen LogP contribution in [0.2, 0.25) is 0 Å². The lowest BCUT2D eigenvalue weighted by Gasteiger charge is -2.36. The molecule has 1 atom stereocenters. The van der Waals surface area contributed by atoms with E-state index in [-0.39, 0.29) is 12.0 Å². The number of carbonyl (C=O) groups excluding carboxylic acids is 1. The quantitative estimate of drug-likeness (QED) is 0.735. The molecule has 0 N–H and O–H groups in total. The molecule has 0 saturated carbocycles. The summed E-state index contributed by atoms with van der Waals surface area (Å²) in [5.74, 6) is 2.07. The van der Waals surface area contributed by atoms with Crippen molar-refractivity contribution in [1.82, 2.24) is 29.4 Å². The summed E-state index contributed by atoms with van der Waals surface area (Å²) in [6.45, 7) is 5.34. The van der Waals surface area contributed by atoms with Crippen molar-refractivity contribution in [2.24, 2.45) is 0 Å². The van der Waals surface area contributed by atoms with Gasteiger partial charge in [0.15, 0.2) is 0 Å². The van der Waals surface area contributed by atoms with Gasteiger partial charge in [-0.15, -0.1) is 0 Å². The van der Waals surface area contributed by atoms with Gasteiger partial charge in [0.25, 0.3) is 5.91 Å². The predicted molar refractivity (Wildman–Crippen MR) is 106 cm³/mol. The molecular weight excluding hydrogens is 372 g/mol. The first-order valence-electron chi connectivity index (χ1n) is 10.4. The average molecular weight is 398 g/mol. The van der Waals surface area contributed by atoms with Crippen molar-refractivity contribution < 1.29 is 9.53 Å². The maximum Gasteiger partial charge on any atom is 0.251 e. The monoisotopic (exact) mass is 398 g/mol. The molecule has 0 aromatic carbocycles. The topological polar surface area (TPSA) is 92.5 Å². The summed E-state index contributed by atoms with van der Waals surface area (Å²) >= 11 is 0. The number of amides is 1. The molecule has 3 aliphatic heterocycles. The molecule has 3 saturated heterocycles. The number of hydrogen-bond donors (Lipinski definition) is 0. The highest BCUT2D eigenvalue weighted by Crippen LogP contribution is 2.22. The maximum absolute atomic E-state index is 12.6. The summed E-state index contributed by atoms with van der Waals surface area (Å²) < 4.78 is 7.36. The molecule has 0 spiro atoms. The van der Waals surface area contributed by atoms with Crippen molar-refractivity contribution >= 4 is 17.8 Å². The first kappa shape index (κ1) is 18.3. The van der Waals surface area contributed by atoms with E-state index in [9.17, 15) is 4.79 Å². The summed E-state index contributed by atoms with van der Waals surface area (Å²) in [5.41, 5.74) is 0. The number of nitrogens with zero attached hydrogens (tertiary/aromatic N) is 8. The summed E-state index contributed by atoms with van der Waals surface area (Å²) in [5, 5.41) is 0. The van der Waals surface area contributed by atoms with Crippen LogP contribution in [-0.2, 0) is 9.53 Å². The summed E-state index contributed by atoms with van der Waals surface area (Å²) in [4.78, 5) is 37.1. The van der Waals surface area contributed by atoms with Crippen LogP contribution >= 0.6 is 0 Å². The van der Waals surface area contributed by atoms with Crippen molar-refractivity contribution in [3.8, 4) is 5.95 Å².